The minimum absolute atomic E-state index is 0.218. The summed E-state index contributed by atoms with van der Waals surface area (Å²) in [5, 5.41) is 13.4. The van der Waals surface area contributed by atoms with E-state index in [4.69, 9.17) is 0 Å². The van der Waals surface area contributed by atoms with E-state index in [0.29, 0.717) is 5.41 Å². The SMILES string of the molecule is CCN(CC)CC(O)CNCC1(C2CC2)CC1. The van der Waals surface area contributed by atoms with Crippen molar-refractivity contribution in [3.8, 4) is 0 Å². The average molecular weight is 240 g/mol. The van der Waals surface area contributed by atoms with Gasteiger partial charge in [0.15, 0.2) is 0 Å². The van der Waals surface area contributed by atoms with E-state index in [2.05, 4.69) is 24.1 Å². The highest BCUT2D eigenvalue weighted by atomic mass is 16.3. The van der Waals surface area contributed by atoms with Crippen LogP contribution >= 0.6 is 0 Å². The monoisotopic (exact) mass is 240 g/mol. The van der Waals surface area contributed by atoms with Crippen LogP contribution in [0.4, 0.5) is 0 Å². The van der Waals surface area contributed by atoms with Gasteiger partial charge in [-0.1, -0.05) is 13.8 Å². The molecule has 0 spiro atoms. The summed E-state index contributed by atoms with van der Waals surface area (Å²) in [7, 11) is 0. The van der Waals surface area contributed by atoms with Gasteiger partial charge >= 0.3 is 0 Å². The number of hydrogen-bond acceptors (Lipinski definition) is 3. The zero-order chi connectivity index (χ0) is 12.3. The molecular weight excluding hydrogens is 212 g/mol. The van der Waals surface area contributed by atoms with Crippen LogP contribution in [-0.2, 0) is 0 Å². The zero-order valence-electron chi connectivity index (χ0n) is 11.4. The summed E-state index contributed by atoms with van der Waals surface area (Å²) >= 11 is 0. The van der Waals surface area contributed by atoms with Crippen molar-refractivity contribution in [3.63, 3.8) is 0 Å². The molecule has 2 aliphatic rings. The fraction of sp³-hybridized carbons (Fsp3) is 1.00. The fourth-order valence-corrected chi connectivity index (χ4v) is 2.92. The Balaban J connectivity index is 1.58. The van der Waals surface area contributed by atoms with Crippen LogP contribution in [0.3, 0.4) is 0 Å². The smallest absolute Gasteiger partial charge is 0.0791 e. The largest absolute Gasteiger partial charge is 0.390 e. The first-order valence-electron chi connectivity index (χ1n) is 7.31. The first-order valence-corrected chi connectivity index (χ1v) is 7.31. The van der Waals surface area contributed by atoms with E-state index >= 15 is 0 Å². The van der Waals surface area contributed by atoms with Crippen LogP contribution in [0.2, 0.25) is 0 Å². The lowest BCUT2D eigenvalue weighted by molar-refractivity contribution is 0.115. The normalized spacial score (nSPS) is 24.0. The predicted molar refractivity (Wildman–Crippen MR) is 71.1 cm³/mol. The number of rotatable bonds is 9. The van der Waals surface area contributed by atoms with Crippen LogP contribution in [0.1, 0.15) is 39.5 Å². The fourth-order valence-electron chi connectivity index (χ4n) is 2.92. The highest BCUT2D eigenvalue weighted by Gasteiger charge is 2.53. The lowest BCUT2D eigenvalue weighted by Crippen LogP contribution is -2.40. The van der Waals surface area contributed by atoms with E-state index in [9.17, 15) is 5.11 Å². The second-order valence-electron chi connectivity index (χ2n) is 5.91. The highest BCUT2D eigenvalue weighted by Crippen LogP contribution is 2.60. The molecule has 2 aliphatic carbocycles. The maximum atomic E-state index is 9.95. The van der Waals surface area contributed by atoms with Crippen molar-refractivity contribution >= 4 is 0 Å². The lowest BCUT2D eigenvalue weighted by Gasteiger charge is -2.23. The van der Waals surface area contributed by atoms with Crippen LogP contribution in [0.15, 0.2) is 0 Å². The van der Waals surface area contributed by atoms with Crippen LogP contribution in [0.25, 0.3) is 0 Å². The second kappa shape index (κ2) is 5.68. The minimum atomic E-state index is -0.218. The maximum absolute atomic E-state index is 9.95. The summed E-state index contributed by atoms with van der Waals surface area (Å²) in [6.07, 6.45) is 5.51. The Morgan fingerprint density at radius 1 is 1.29 bits per heavy atom. The van der Waals surface area contributed by atoms with E-state index in [-0.39, 0.29) is 6.10 Å². The molecule has 0 amide bonds. The molecule has 2 N–H and O–H groups in total. The summed E-state index contributed by atoms with van der Waals surface area (Å²) in [4.78, 5) is 2.28. The molecule has 0 aliphatic heterocycles. The van der Waals surface area contributed by atoms with Gasteiger partial charge in [0.2, 0.25) is 0 Å². The third-order valence-corrected chi connectivity index (χ3v) is 4.56. The van der Waals surface area contributed by atoms with Gasteiger partial charge in [0, 0.05) is 19.6 Å². The van der Waals surface area contributed by atoms with Crippen molar-refractivity contribution in [2.45, 2.75) is 45.6 Å². The van der Waals surface area contributed by atoms with Crippen LogP contribution in [0, 0.1) is 11.3 Å². The van der Waals surface area contributed by atoms with Gasteiger partial charge in [-0.2, -0.15) is 0 Å². The molecule has 0 bridgehead atoms. The summed E-state index contributed by atoms with van der Waals surface area (Å²) in [6, 6.07) is 0. The molecule has 2 saturated carbocycles. The van der Waals surface area contributed by atoms with Gasteiger partial charge in [0.25, 0.3) is 0 Å². The van der Waals surface area contributed by atoms with Gasteiger partial charge in [-0.3, -0.25) is 0 Å². The Hall–Kier alpha value is -0.120. The Morgan fingerprint density at radius 3 is 2.41 bits per heavy atom. The second-order valence-corrected chi connectivity index (χ2v) is 5.91. The van der Waals surface area contributed by atoms with E-state index < -0.39 is 0 Å². The van der Waals surface area contributed by atoms with Crippen LogP contribution in [0.5, 0.6) is 0 Å². The maximum Gasteiger partial charge on any atom is 0.0791 e. The summed E-state index contributed by atoms with van der Waals surface area (Å²) in [5.41, 5.74) is 0.648. The Labute approximate surface area is 106 Å². The topological polar surface area (TPSA) is 35.5 Å². The minimum Gasteiger partial charge on any atom is -0.390 e. The summed E-state index contributed by atoms with van der Waals surface area (Å²) < 4.78 is 0. The molecule has 1 unspecified atom stereocenters. The molecule has 0 aromatic rings. The molecule has 100 valence electrons. The van der Waals surface area contributed by atoms with Gasteiger partial charge in [-0.05, 0) is 50.1 Å². The molecule has 0 saturated heterocycles. The number of likely N-dealkylation sites (N-methyl/N-ethyl adjacent to an activating group) is 1. The Kier molecular flexibility index (Phi) is 4.45. The quantitative estimate of drug-likeness (QED) is 0.640. The van der Waals surface area contributed by atoms with Crippen molar-refractivity contribution in [1.82, 2.24) is 10.2 Å². The molecule has 0 radical (unpaired) electrons. The Bertz CT molecular complexity index is 232. The first kappa shape index (κ1) is 13.3. The summed E-state index contributed by atoms with van der Waals surface area (Å²) in [6.45, 7) is 9.04. The van der Waals surface area contributed by atoms with E-state index in [1.54, 1.807) is 0 Å². The third kappa shape index (κ3) is 3.67. The van der Waals surface area contributed by atoms with Crippen molar-refractivity contribution < 1.29 is 5.11 Å². The number of nitrogens with zero attached hydrogens (tertiary/aromatic N) is 1. The van der Waals surface area contributed by atoms with Gasteiger partial charge in [-0.15, -0.1) is 0 Å². The van der Waals surface area contributed by atoms with Crippen LogP contribution < -0.4 is 5.32 Å². The molecule has 2 fully saturated rings. The van der Waals surface area contributed by atoms with E-state index in [1.165, 1.54) is 25.7 Å². The zero-order valence-corrected chi connectivity index (χ0v) is 11.4. The molecule has 0 aromatic heterocycles. The van der Waals surface area contributed by atoms with Gasteiger partial charge in [-0.25, -0.2) is 0 Å². The van der Waals surface area contributed by atoms with Gasteiger partial charge in [0.05, 0.1) is 6.10 Å². The van der Waals surface area contributed by atoms with Crippen molar-refractivity contribution in [2.24, 2.45) is 11.3 Å². The Morgan fingerprint density at radius 2 is 1.94 bits per heavy atom. The van der Waals surface area contributed by atoms with Crippen LogP contribution in [-0.4, -0.2) is 48.8 Å². The lowest BCUT2D eigenvalue weighted by atomic mass is 10.0. The van der Waals surface area contributed by atoms with Crippen molar-refractivity contribution in [1.29, 1.82) is 0 Å². The molecule has 2 rings (SSSR count). The molecule has 17 heavy (non-hydrogen) atoms. The number of aliphatic hydroxyl groups is 1. The number of hydrogen-bond donors (Lipinski definition) is 2. The molecule has 3 heteroatoms. The molecule has 3 nitrogen and oxygen atoms in total. The van der Waals surface area contributed by atoms with Gasteiger partial charge in [0.1, 0.15) is 0 Å². The number of aliphatic hydroxyl groups excluding tert-OH is 1. The molecular formula is C14H28N2O. The van der Waals surface area contributed by atoms with E-state index in [0.717, 1.165) is 38.6 Å². The van der Waals surface area contributed by atoms with E-state index in [1.807, 2.05) is 0 Å². The summed E-state index contributed by atoms with van der Waals surface area (Å²) in [5.74, 6) is 1.01. The standard InChI is InChI=1S/C14H28N2O/c1-3-16(4-2)10-13(17)9-15-11-14(7-8-14)12-5-6-12/h12-13,15,17H,3-11H2,1-2H3. The first-order chi connectivity index (χ1) is 8.20. The highest BCUT2D eigenvalue weighted by molar-refractivity contribution is 5.05. The molecule has 0 heterocycles. The molecule has 1 atom stereocenters. The third-order valence-electron chi connectivity index (χ3n) is 4.56. The van der Waals surface area contributed by atoms with Crippen molar-refractivity contribution in [2.75, 3.05) is 32.7 Å². The molecule has 0 aromatic carbocycles. The van der Waals surface area contributed by atoms with Gasteiger partial charge < -0.3 is 15.3 Å². The number of nitrogens with one attached hydrogen (secondary N) is 1. The predicted octanol–water partition coefficient (Wildman–Crippen LogP) is 1.47. The average Bonchev–Trinajstić information content (AvgIpc) is 3.16. The van der Waals surface area contributed by atoms with Crippen molar-refractivity contribution in [3.05, 3.63) is 0 Å².